The Hall–Kier alpha value is -1.56. The molecular weight excluding hydrogens is 220 g/mol. The van der Waals surface area contributed by atoms with Gasteiger partial charge in [0.1, 0.15) is 5.82 Å². The van der Waals surface area contributed by atoms with Gasteiger partial charge in [-0.15, -0.1) is 0 Å². The third-order valence-corrected chi connectivity index (χ3v) is 2.57. The van der Waals surface area contributed by atoms with Crippen molar-refractivity contribution in [2.45, 2.75) is 13.3 Å². The summed E-state index contributed by atoms with van der Waals surface area (Å²) in [7, 11) is 0. The molecule has 3 N–H and O–H groups in total. The molecule has 2 rings (SSSR count). The van der Waals surface area contributed by atoms with Crippen molar-refractivity contribution in [1.82, 2.24) is 9.97 Å². The maximum absolute atomic E-state index is 5.61. The summed E-state index contributed by atoms with van der Waals surface area (Å²) >= 11 is 0. The molecule has 0 saturated carbocycles. The maximum Gasteiger partial charge on any atom is 0.225 e. The molecule has 94 valence electrons. The summed E-state index contributed by atoms with van der Waals surface area (Å²) in [6.45, 7) is 4.98. The minimum atomic E-state index is 0.223. The van der Waals surface area contributed by atoms with E-state index < -0.39 is 0 Å². The van der Waals surface area contributed by atoms with Gasteiger partial charge in [0.05, 0.1) is 13.2 Å². The van der Waals surface area contributed by atoms with Gasteiger partial charge in [-0.3, -0.25) is 0 Å². The third-order valence-electron chi connectivity index (χ3n) is 2.57. The van der Waals surface area contributed by atoms with Crippen molar-refractivity contribution < 1.29 is 9.47 Å². The Balaban J connectivity index is 1.94. The van der Waals surface area contributed by atoms with Gasteiger partial charge in [0.15, 0.2) is 0 Å². The van der Waals surface area contributed by atoms with E-state index in [2.05, 4.69) is 15.3 Å². The Labute approximate surface area is 101 Å². The van der Waals surface area contributed by atoms with E-state index in [-0.39, 0.29) is 5.95 Å². The molecule has 1 saturated heterocycles. The van der Waals surface area contributed by atoms with Crippen molar-refractivity contribution in [3.05, 3.63) is 6.07 Å². The predicted octanol–water partition coefficient (Wildman–Crippen LogP) is 0.906. The van der Waals surface area contributed by atoms with Gasteiger partial charge in [-0.2, -0.15) is 9.97 Å². The smallest absolute Gasteiger partial charge is 0.225 e. The Kier molecular flexibility index (Phi) is 3.98. The quantitative estimate of drug-likeness (QED) is 0.793. The highest BCUT2D eigenvalue weighted by molar-refractivity contribution is 5.42. The first-order valence-corrected chi connectivity index (χ1v) is 5.87. The lowest BCUT2D eigenvalue weighted by Crippen LogP contribution is -2.13. The molecule has 1 aliphatic heterocycles. The molecule has 17 heavy (non-hydrogen) atoms. The van der Waals surface area contributed by atoms with Gasteiger partial charge in [0, 0.05) is 25.1 Å². The summed E-state index contributed by atoms with van der Waals surface area (Å²) in [4.78, 5) is 8.09. The van der Waals surface area contributed by atoms with Gasteiger partial charge >= 0.3 is 0 Å². The number of nitrogens with one attached hydrogen (secondary N) is 1. The van der Waals surface area contributed by atoms with Crippen LogP contribution in [0, 0.1) is 5.92 Å². The van der Waals surface area contributed by atoms with E-state index in [1.54, 1.807) is 6.07 Å². The lowest BCUT2D eigenvalue weighted by Gasteiger charge is -2.11. The molecule has 1 aromatic rings. The second-order valence-electron chi connectivity index (χ2n) is 4.02. The highest BCUT2D eigenvalue weighted by atomic mass is 16.5. The number of hydrogen-bond donors (Lipinski definition) is 2. The molecule has 2 heterocycles. The van der Waals surface area contributed by atoms with Crippen LogP contribution in [0.5, 0.6) is 5.88 Å². The topological polar surface area (TPSA) is 82.3 Å². The number of nitrogens with zero attached hydrogens (tertiary/aromatic N) is 2. The fourth-order valence-corrected chi connectivity index (χ4v) is 1.71. The number of rotatable bonds is 5. The average Bonchev–Trinajstić information content (AvgIpc) is 2.79. The van der Waals surface area contributed by atoms with Crippen LogP contribution in [0.25, 0.3) is 0 Å². The molecule has 0 aromatic carbocycles. The Morgan fingerprint density at radius 1 is 1.59 bits per heavy atom. The van der Waals surface area contributed by atoms with Crippen LogP contribution >= 0.6 is 0 Å². The lowest BCUT2D eigenvalue weighted by atomic mass is 10.1. The van der Waals surface area contributed by atoms with Crippen molar-refractivity contribution >= 4 is 11.8 Å². The Morgan fingerprint density at radius 3 is 3.18 bits per heavy atom. The number of anilines is 2. The molecule has 6 nitrogen and oxygen atoms in total. The second-order valence-corrected chi connectivity index (χ2v) is 4.02. The molecule has 0 bridgehead atoms. The highest BCUT2D eigenvalue weighted by Crippen LogP contribution is 2.17. The van der Waals surface area contributed by atoms with Crippen molar-refractivity contribution in [2.75, 3.05) is 37.4 Å². The minimum Gasteiger partial charge on any atom is -0.477 e. The molecule has 0 radical (unpaired) electrons. The lowest BCUT2D eigenvalue weighted by molar-refractivity contribution is 0.165. The molecule has 0 spiro atoms. The number of nitrogens with two attached hydrogens (primary N) is 1. The van der Waals surface area contributed by atoms with Crippen LogP contribution in [0.1, 0.15) is 13.3 Å². The first-order chi connectivity index (χ1) is 8.28. The molecule has 6 heteroatoms. The van der Waals surface area contributed by atoms with Crippen LogP contribution in [-0.4, -0.2) is 36.3 Å². The normalized spacial score (nSPS) is 19.2. The minimum absolute atomic E-state index is 0.223. The van der Waals surface area contributed by atoms with Crippen LogP contribution < -0.4 is 15.8 Å². The molecule has 0 amide bonds. The van der Waals surface area contributed by atoms with Crippen molar-refractivity contribution in [3.8, 4) is 5.88 Å². The number of aromatic nitrogens is 2. The molecule has 1 atom stereocenters. The van der Waals surface area contributed by atoms with E-state index in [0.29, 0.717) is 24.2 Å². The van der Waals surface area contributed by atoms with E-state index in [9.17, 15) is 0 Å². The van der Waals surface area contributed by atoms with Crippen molar-refractivity contribution in [3.63, 3.8) is 0 Å². The summed E-state index contributed by atoms with van der Waals surface area (Å²) in [5.41, 5.74) is 5.61. The van der Waals surface area contributed by atoms with E-state index >= 15 is 0 Å². The number of hydrogen-bond acceptors (Lipinski definition) is 6. The Morgan fingerprint density at radius 2 is 2.47 bits per heavy atom. The standard InChI is InChI=1S/C11H18N4O2/c1-2-13-9-5-10(15-11(12)14-9)17-7-8-3-4-16-6-8/h5,8H,2-4,6-7H2,1H3,(H3,12,13,14,15). The molecule has 1 aromatic heterocycles. The van der Waals surface area contributed by atoms with Gasteiger partial charge in [0.25, 0.3) is 0 Å². The van der Waals surface area contributed by atoms with Crippen LogP contribution in [0.15, 0.2) is 6.07 Å². The fraction of sp³-hybridized carbons (Fsp3) is 0.636. The zero-order valence-electron chi connectivity index (χ0n) is 9.98. The zero-order chi connectivity index (χ0) is 12.1. The van der Waals surface area contributed by atoms with Crippen LogP contribution in [0.2, 0.25) is 0 Å². The van der Waals surface area contributed by atoms with Crippen molar-refractivity contribution in [2.24, 2.45) is 5.92 Å². The summed E-state index contributed by atoms with van der Waals surface area (Å²) in [5, 5.41) is 3.08. The van der Waals surface area contributed by atoms with Gasteiger partial charge in [-0.1, -0.05) is 0 Å². The summed E-state index contributed by atoms with van der Waals surface area (Å²) < 4.78 is 10.9. The molecular formula is C11H18N4O2. The molecule has 1 fully saturated rings. The van der Waals surface area contributed by atoms with Gasteiger partial charge in [-0.05, 0) is 13.3 Å². The first kappa shape index (κ1) is 11.9. The molecule has 1 aliphatic rings. The Bertz CT molecular complexity index is 366. The van der Waals surface area contributed by atoms with Gasteiger partial charge in [-0.25, -0.2) is 0 Å². The van der Waals surface area contributed by atoms with Crippen molar-refractivity contribution in [1.29, 1.82) is 0 Å². The summed E-state index contributed by atoms with van der Waals surface area (Å²) in [5.74, 6) is 1.88. The summed E-state index contributed by atoms with van der Waals surface area (Å²) in [6.07, 6.45) is 1.04. The third kappa shape index (κ3) is 3.45. The van der Waals surface area contributed by atoms with Crippen LogP contribution in [0.4, 0.5) is 11.8 Å². The SMILES string of the molecule is CCNc1cc(OCC2CCOC2)nc(N)n1. The molecule has 0 aliphatic carbocycles. The maximum atomic E-state index is 5.61. The first-order valence-electron chi connectivity index (χ1n) is 5.87. The largest absolute Gasteiger partial charge is 0.477 e. The van der Waals surface area contributed by atoms with E-state index in [0.717, 1.165) is 26.2 Å². The molecule has 1 unspecified atom stereocenters. The van der Waals surface area contributed by atoms with E-state index in [1.807, 2.05) is 6.92 Å². The van der Waals surface area contributed by atoms with Gasteiger partial charge < -0.3 is 20.5 Å². The fourth-order valence-electron chi connectivity index (χ4n) is 1.71. The van der Waals surface area contributed by atoms with E-state index in [4.69, 9.17) is 15.2 Å². The number of nitrogen functional groups attached to an aromatic ring is 1. The number of ether oxygens (including phenoxy) is 2. The second kappa shape index (κ2) is 5.67. The average molecular weight is 238 g/mol. The summed E-state index contributed by atoms with van der Waals surface area (Å²) in [6, 6.07) is 1.76. The zero-order valence-corrected chi connectivity index (χ0v) is 9.98. The predicted molar refractivity (Wildman–Crippen MR) is 65.0 cm³/mol. The van der Waals surface area contributed by atoms with Crippen LogP contribution in [-0.2, 0) is 4.74 Å². The van der Waals surface area contributed by atoms with E-state index in [1.165, 1.54) is 0 Å². The van der Waals surface area contributed by atoms with Crippen LogP contribution in [0.3, 0.4) is 0 Å². The highest BCUT2D eigenvalue weighted by Gasteiger charge is 2.16. The monoisotopic (exact) mass is 238 g/mol. The van der Waals surface area contributed by atoms with Gasteiger partial charge in [0.2, 0.25) is 11.8 Å².